The van der Waals surface area contributed by atoms with Gasteiger partial charge >= 0.3 is 0 Å². The van der Waals surface area contributed by atoms with Crippen molar-refractivity contribution in [3.8, 4) is 11.5 Å². The van der Waals surface area contributed by atoms with Crippen molar-refractivity contribution >= 4 is 43.5 Å². The molecule has 0 unspecified atom stereocenters. The summed E-state index contributed by atoms with van der Waals surface area (Å²) in [6, 6.07) is 17.8. The molecular formula is C32H40BrN3O6S. The van der Waals surface area contributed by atoms with E-state index in [1.54, 1.807) is 49.6 Å². The van der Waals surface area contributed by atoms with E-state index in [1.807, 2.05) is 32.9 Å². The number of halogens is 1. The van der Waals surface area contributed by atoms with Gasteiger partial charge in [-0.25, -0.2) is 8.42 Å². The molecule has 0 radical (unpaired) electrons. The van der Waals surface area contributed by atoms with Gasteiger partial charge in [-0.1, -0.05) is 50.1 Å². The summed E-state index contributed by atoms with van der Waals surface area (Å²) in [4.78, 5) is 29.0. The lowest BCUT2D eigenvalue weighted by atomic mass is 10.1. The van der Waals surface area contributed by atoms with Gasteiger partial charge in [0.25, 0.3) is 10.0 Å². The smallest absolute Gasteiger partial charge is 0.264 e. The number of hydrogen-bond donors (Lipinski definition) is 1. The number of nitrogens with zero attached hydrogens (tertiary/aromatic N) is 2. The normalized spacial score (nSPS) is 11.9. The molecule has 0 aliphatic rings. The summed E-state index contributed by atoms with van der Waals surface area (Å²) in [6.45, 7) is 5.82. The summed E-state index contributed by atoms with van der Waals surface area (Å²) in [6.07, 6.45) is 2.06. The zero-order valence-corrected chi connectivity index (χ0v) is 27.7. The Balaban J connectivity index is 2.06. The van der Waals surface area contributed by atoms with Crippen LogP contribution >= 0.6 is 15.9 Å². The molecule has 0 aliphatic carbocycles. The van der Waals surface area contributed by atoms with Gasteiger partial charge in [0, 0.05) is 13.1 Å². The topological polar surface area (TPSA) is 105 Å². The van der Waals surface area contributed by atoms with E-state index in [1.165, 1.54) is 24.1 Å². The Morgan fingerprint density at radius 2 is 1.70 bits per heavy atom. The number of unbranched alkanes of at least 4 members (excludes halogenated alkanes) is 1. The van der Waals surface area contributed by atoms with Crippen LogP contribution in [0.5, 0.6) is 11.5 Å². The molecule has 0 aromatic heterocycles. The first-order valence-electron chi connectivity index (χ1n) is 14.2. The number of hydrogen-bond acceptors (Lipinski definition) is 6. The van der Waals surface area contributed by atoms with E-state index < -0.39 is 28.5 Å². The second kappa shape index (κ2) is 15.8. The fourth-order valence-corrected chi connectivity index (χ4v) is 6.70. The van der Waals surface area contributed by atoms with E-state index >= 15 is 0 Å². The average Bonchev–Trinajstić information content (AvgIpc) is 3.00. The van der Waals surface area contributed by atoms with Crippen molar-refractivity contribution in [3.05, 3.63) is 82.3 Å². The molecule has 11 heteroatoms. The summed E-state index contributed by atoms with van der Waals surface area (Å²) < 4.78 is 40.4. The van der Waals surface area contributed by atoms with Crippen LogP contribution in [-0.2, 0) is 26.2 Å². The number of rotatable bonds is 15. The number of sulfonamides is 1. The molecule has 0 saturated carbocycles. The Morgan fingerprint density at radius 1 is 0.977 bits per heavy atom. The quantitative estimate of drug-likeness (QED) is 0.208. The lowest BCUT2D eigenvalue weighted by Gasteiger charge is -2.33. The largest absolute Gasteiger partial charge is 0.497 e. The van der Waals surface area contributed by atoms with Crippen LogP contribution in [0, 0.1) is 6.92 Å². The molecule has 0 spiro atoms. The Morgan fingerprint density at radius 3 is 2.30 bits per heavy atom. The Hall–Kier alpha value is -3.57. The van der Waals surface area contributed by atoms with Gasteiger partial charge in [-0.2, -0.15) is 0 Å². The van der Waals surface area contributed by atoms with Gasteiger partial charge in [0.15, 0.2) is 0 Å². The lowest BCUT2D eigenvalue weighted by Crippen LogP contribution is -2.52. The number of benzene rings is 3. The van der Waals surface area contributed by atoms with Gasteiger partial charge in [0.2, 0.25) is 11.8 Å². The molecule has 0 bridgehead atoms. The Bertz CT molecular complexity index is 1500. The number of carbonyl (C=O) groups is 2. The lowest BCUT2D eigenvalue weighted by molar-refractivity contribution is -0.140. The first-order chi connectivity index (χ1) is 20.5. The number of aryl methyl sites for hydroxylation is 1. The minimum absolute atomic E-state index is 0.0164. The first kappa shape index (κ1) is 33.9. The molecule has 3 aromatic rings. The molecule has 1 N–H and O–H groups in total. The second-order valence-corrected chi connectivity index (χ2v) is 12.8. The summed E-state index contributed by atoms with van der Waals surface area (Å²) in [5.41, 5.74) is 2.01. The summed E-state index contributed by atoms with van der Waals surface area (Å²) in [7, 11) is -1.17. The highest BCUT2D eigenvalue weighted by molar-refractivity contribution is 9.10. The molecule has 0 heterocycles. The van der Waals surface area contributed by atoms with Crippen molar-refractivity contribution in [2.24, 2.45) is 0 Å². The third kappa shape index (κ3) is 8.73. The third-order valence-electron chi connectivity index (χ3n) is 7.01. The number of carbonyl (C=O) groups excluding carboxylic acids is 2. The number of amides is 2. The zero-order valence-electron chi connectivity index (χ0n) is 25.3. The van der Waals surface area contributed by atoms with Crippen molar-refractivity contribution in [2.45, 2.75) is 57.5 Å². The second-order valence-electron chi connectivity index (χ2n) is 10.1. The maximum atomic E-state index is 14.2. The number of anilines is 1. The average molecular weight is 675 g/mol. The highest BCUT2D eigenvalue weighted by Crippen LogP contribution is 2.31. The first-order valence-corrected chi connectivity index (χ1v) is 16.4. The fourth-order valence-electron chi connectivity index (χ4n) is 4.57. The van der Waals surface area contributed by atoms with Crippen LogP contribution in [0.4, 0.5) is 5.69 Å². The molecule has 0 fully saturated rings. The van der Waals surface area contributed by atoms with Gasteiger partial charge in [0.1, 0.15) is 24.1 Å². The van der Waals surface area contributed by atoms with Gasteiger partial charge < -0.3 is 19.7 Å². The molecule has 3 aromatic carbocycles. The third-order valence-corrected chi connectivity index (χ3v) is 9.40. The predicted molar refractivity (Wildman–Crippen MR) is 172 cm³/mol. The summed E-state index contributed by atoms with van der Waals surface area (Å²) >= 11 is 3.37. The van der Waals surface area contributed by atoms with Crippen LogP contribution in [0.3, 0.4) is 0 Å². The minimum Gasteiger partial charge on any atom is -0.497 e. The molecule has 0 aliphatic heterocycles. The van der Waals surface area contributed by atoms with Crippen LogP contribution in [0.1, 0.15) is 44.2 Å². The van der Waals surface area contributed by atoms with Gasteiger partial charge in [0.05, 0.1) is 29.3 Å². The summed E-state index contributed by atoms with van der Waals surface area (Å²) in [5.74, 6) is 0.286. The molecule has 232 valence electrons. The maximum Gasteiger partial charge on any atom is 0.264 e. The molecule has 3 rings (SSSR count). The van der Waals surface area contributed by atoms with E-state index in [0.29, 0.717) is 34.6 Å². The van der Waals surface area contributed by atoms with Crippen LogP contribution < -0.4 is 19.1 Å². The van der Waals surface area contributed by atoms with Gasteiger partial charge in [-0.05, 0) is 83.7 Å². The van der Waals surface area contributed by atoms with E-state index in [2.05, 4.69) is 21.2 Å². The van der Waals surface area contributed by atoms with Crippen LogP contribution in [-0.4, -0.2) is 58.5 Å². The number of nitrogens with one attached hydrogen (secondary N) is 1. The molecule has 9 nitrogen and oxygen atoms in total. The van der Waals surface area contributed by atoms with Crippen molar-refractivity contribution in [1.82, 2.24) is 10.2 Å². The van der Waals surface area contributed by atoms with Crippen molar-refractivity contribution in [1.29, 1.82) is 0 Å². The highest BCUT2D eigenvalue weighted by Gasteiger charge is 2.34. The van der Waals surface area contributed by atoms with Crippen LogP contribution in [0.2, 0.25) is 0 Å². The summed E-state index contributed by atoms with van der Waals surface area (Å²) in [5, 5.41) is 2.94. The monoisotopic (exact) mass is 673 g/mol. The number of ether oxygens (including phenoxy) is 2. The van der Waals surface area contributed by atoms with Crippen molar-refractivity contribution in [2.75, 3.05) is 31.6 Å². The Labute approximate surface area is 263 Å². The van der Waals surface area contributed by atoms with Crippen molar-refractivity contribution in [3.63, 3.8) is 0 Å². The van der Waals surface area contributed by atoms with Gasteiger partial charge in [-0.3, -0.25) is 13.9 Å². The Kier molecular flexibility index (Phi) is 12.4. The van der Waals surface area contributed by atoms with E-state index in [0.717, 1.165) is 28.3 Å². The standard InChI is InChI=1S/C32H40BrN3O6S/c1-6-8-18-34-32(38)29(7-2)35(21-24-10-9-11-26(19-24)41-4)31(37)22-36(25-14-12-23(3)13-15-25)43(39,40)27-16-17-30(42-5)28(33)20-27/h9-17,19-20,29H,6-8,18,21-22H2,1-5H3,(H,34,38)/t29-/m1/s1. The van der Waals surface area contributed by atoms with Gasteiger partial charge in [-0.15, -0.1) is 0 Å². The molecular weight excluding hydrogens is 634 g/mol. The van der Waals surface area contributed by atoms with Crippen LogP contribution in [0.15, 0.2) is 76.1 Å². The molecule has 43 heavy (non-hydrogen) atoms. The molecule has 0 saturated heterocycles. The van der Waals surface area contributed by atoms with E-state index in [4.69, 9.17) is 9.47 Å². The fraction of sp³-hybridized carbons (Fsp3) is 0.375. The predicted octanol–water partition coefficient (Wildman–Crippen LogP) is 5.69. The molecule has 1 atom stereocenters. The highest BCUT2D eigenvalue weighted by atomic mass is 79.9. The minimum atomic E-state index is -4.22. The van der Waals surface area contributed by atoms with Crippen LogP contribution in [0.25, 0.3) is 0 Å². The molecule has 2 amide bonds. The number of methoxy groups -OCH3 is 2. The SMILES string of the molecule is CCCCNC(=O)[C@@H](CC)N(Cc1cccc(OC)c1)C(=O)CN(c1ccc(C)cc1)S(=O)(=O)c1ccc(OC)c(Br)c1. The van der Waals surface area contributed by atoms with E-state index in [-0.39, 0.29) is 17.3 Å². The van der Waals surface area contributed by atoms with Crippen molar-refractivity contribution < 1.29 is 27.5 Å². The zero-order chi connectivity index (χ0) is 31.6. The van der Waals surface area contributed by atoms with E-state index in [9.17, 15) is 18.0 Å². The maximum absolute atomic E-state index is 14.2.